The van der Waals surface area contributed by atoms with E-state index in [9.17, 15) is 19.2 Å². The number of aromatic amines is 2. The van der Waals surface area contributed by atoms with Crippen molar-refractivity contribution in [1.82, 2.24) is 40.4 Å². The quantitative estimate of drug-likeness (QED) is 0.0995. The van der Waals surface area contributed by atoms with Gasteiger partial charge in [0.2, 0.25) is 5.91 Å². The first-order chi connectivity index (χ1) is 32.2. The lowest BCUT2D eigenvalue weighted by Crippen LogP contribution is -2.53. The molecule has 15 nitrogen and oxygen atoms in total. The molecule has 4 N–H and O–H groups in total. The topological polar surface area (TPSA) is 184 Å². The zero-order valence-electron chi connectivity index (χ0n) is 37.1. The third kappa shape index (κ3) is 8.62. The molecule has 3 aliphatic heterocycles. The molecule has 4 amide bonds. The lowest BCUT2D eigenvalue weighted by atomic mass is 9.90. The molecule has 4 atom stereocenters. The summed E-state index contributed by atoms with van der Waals surface area (Å²) in [6.45, 7) is 2.32. The molecule has 1 saturated carbocycles. The Morgan fingerprint density at radius 3 is 1.98 bits per heavy atom. The van der Waals surface area contributed by atoms with E-state index in [1.54, 1.807) is 0 Å². The van der Waals surface area contributed by atoms with E-state index in [1.165, 1.54) is 14.2 Å². The number of imidazole rings is 2. The largest absolute Gasteiger partial charge is 0.453 e. The zero-order chi connectivity index (χ0) is 45.4. The molecule has 4 aliphatic rings. The number of nitrogens with one attached hydrogen (secondary N) is 4. The molecule has 1 aliphatic carbocycles. The van der Waals surface area contributed by atoms with E-state index in [1.807, 2.05) is 52.5 Å². The highest BCUT2D eigenvalue weighted by molar-refractivity contribution is 5.91. The van der Waals surface area contributed by atoms with Gasteiger partial charge >= 0.3 is 12.2 Å². The van der Waals surface area contributed by atoms with Crippen LogP contribution < -0.4 is 10.6 Å². The summed E-state index contributed by atoms with van der Waals surface area (Å²) >= 11 is 0. The van der Waals surface area contributed by atoms with Gasteiger partial charge in [-0.3, -0.25) is 9.59 Å². The van der Waals surface area contributed by atoms with Crippen molar-refractivity contribution in [3.05, 3.63) is 121 Å². The van der Waals surface area contributed by atoms with Gasteiger partial charge in [-0.25, -0.2) is 19.6 Å². The number of methoxy groups -OCH3 is 2. The van der Waals surface area contributed by atoms with Gasteiger partial charge in [-0.05, 0) is 101 Å². The summed E-state index contributed by atoms with van der Waals surface area (Å²) in [4.78, 5) is 73.4. The molecule has 2 aromatic heterocycles. The number of ether oxygens (including phenoxy) is 3. The van der Waals surface area contributed by atoms with Crippen molar-refractivity contribution >= 4 is 34.8 Å². The van der Waals surface area contributed by atoms with Crippen molar-refractivity contribution in [2.75, 3.05) is 40.5 Å². The molecule has 66 heavy (non-hydrogen) atoms. The number of nitrogens with zero attached hydrogens (tertiary/aromatic N) is 4. The fourth-order valence-corrected chi connectivity index (χ4v) is 10.2. The SMILES string of the molecule is COC(=O)NC(C(=O)N1CCC[C@H]1c1ncc(-c2ccc3cc(-c4ccc(-c5cnc([C@@H]6CC7(CC7)CN6C(=O)[C@H](NC(=O)OC)c6ccccc6)[nH]5)cc4)ccc3c2)[nH]1)C1CCOCC1. The molecule has 15 heteroatoms. The number of aromatic nitrogens is 4. The van der Waals surface area contributed by atoms with Crippen molar-refractivity contribution in [3.8, 4) is 33.6 Å². The van der Waals surface area contributed by atoms with Gasteiger partial charge in [-0.15, -0.1) is 0 Å². The first kappa shape index (κ1) is 42.9. The Labute approximate surface area is 382 Å². The van der Waals surface area contributed by atoms with Crippen LogP contribution in [-0.2, 0) is 23.8 Å². The molecular weight excluding hydrogens is 837 g/mol. The Bertz CT molecular complexity index is 2740. The Hall–Kier alpha value is -7.00. The van der Waals surface area contributed by atoms with Crippen LogP contribution in [0.1, 0.15) is 80.3 Å². The van der Waals surface area contributed by atoms with Gasteiger partial charge in [0.1, 0.15) is 23.7 Å². The average Bonchev–Trinajstić information content (AvgIpc) is 3.90. The molecule has 4 fully saturated rings. The number of likely N-dealkylation sites (tertiary alicyclic amines) is 2. The number of hydrogen-bond acceptors (Lipinski definition) is 9. The summed E-state index contributed by atoms with van der Waals surface area (Å²) < 4.78 is 15.3. The predicted molar refractivity (Wildman–Crippen MR) is 247 cm³/mol. The molecule has 0 radical (unpaired) electrons. The molecule has 1 unspecified atom stereocenters. The second kappa shape index (κ2) is 18.1. The number of alkyl carbamates (subject to hydrolysis) is 2. The van der Waals surface area contributed by atoms with Crippen molar-refractivity contribution in [1.29, 1.82) is 0 Å². The van der Waals surface area contributed by atoms with Crippen LogP contribution in [0.4, 0.5) is 9.59 Å². The Morgan fingerprint density at radius 2 is 1.30 bits per heavy atom. The van der Waals surface area contributed by atoms with Gasteiger partial charge in [-0.1, -0.05) is 78.9 Å². The first-order valence-electron chi connectivity index (χ1n) is 22.9. The normalized spacial score (nSPS) is 20.0. The third-order valence-electron chi connectivity index (χ3n) is 14.1. The minimum atomic E-state index is -0.881. The maximum absolute atomic E-state index is 14.3. The molecule has 5 heterocycles. The average molecular weight is 891 g/mol. The summed E-state index contributed by atoms with van der Waals surface area (Å²) in [5, 5.41) is 7.78. The van der Waals surface area contributed by atoms with Gasteiger partial charge in [0.25, 0.3) is 5.91 Å². The maximum atomic E-state index is 14.3. The lowest BCUT2D eigenvalue weighted by molar-refractivity contribution is -0.137. The molecule has 1 spiro atoms. The summed E-state index contributed by atoms with van der Waals surface area (Å²) in [5.74, 6) is 1.14. The number of hydrogen-bond donors (Lipinski definition) is 4. The van der Waals surface area contributed by atoms with Gasteiger partial charge in [0.05, 0.1) is 50.1 Å². The van der Waals surface area contributed by atoms with Crippen molar-refractivity contribution in [3.63, 3.8) is 0 Å². The van der Waals surface area contributed by atoms with E-state index >= 15 is 0 Å². The summed E-state index contributed by atoms with van der Waals surface area (Å²) in [5.41, 5.74) is 6.64. The van der Waals surface area contributed by atoms with Gasteiger partial charge in [0.15, 0.2) is 0 Å². The highest BCUT2D eigenvalue weighted by Gasteiger charge is 2.55. The van der Waals surface area contributed by atoms with E-state index in [-0.39, 0.29) is 35.2 Å². The number of benzene rings is 4. The molecule has 6 aromatic rings. The van der Waals surface area contributed by atoms with Gasteiger partial charge in [0, 0.05) is 31.9 Å². The third-order valence-corrected chi connectivity index (χ3v) is 14.1. The van der Waals surface area contributed by atoms with Crippen LogP contribution in [0.2, 0.25) is 0 Å². The number of carbonyl (C=O) groups is 4. The van der Waals surface area contributed by atoms with Crippen LogP contribution in [0.15, 0.2) is 103 Å². The molecular formula is C51H54N8O7. The van der Waals surface area contributed by atoms with Crippen LogP contribution in [0.3, 0.4) is 0 Å². The number of fused-ring (bicyclic) bond motifs is 1. The fraction of sp³-hybridized carbons (Fsp3) is 0.373. The predicted octanol–water partition coefficient (Wildman–Crippen LogP) is 8.25. The maximum Gasteiger partial charge on any atom is 0.407 e. The zero-order valence-corrected chi connectivity index (χ0v) is 37.1. The van der Waals surface area contributed by atoms with Crippen molar-refractivity contribution < 1.29 is 33.4 Å². The molecule has 4 aromatic carbocycles. The highest BCUT2D eigenvalue weighted by atomic mass is 16.5. The number of carbonyl (C=O) groups excluding carboxylic acids is 4. The summed E-state index contributed by atoms with van der Waals surface area (Å²) in [6.07, 6.45) is 8.34. The molecule has 340 valence electrons. The Balaban J connectivity index is 0.822. The smallest absolute Gasteiger partial charge is 0.407 e. The summed E-state index contributed by atoms with van der Waals surface area (Å²) in [6, 6.07) is 28.4. The number of rotatable bonds is 11. The molecule has 3 saturated heterocycles. The van der Waals surface area contributed by atoms with Crippen LogP contribution >= 0.6 is 0 Å². The van der Waals surface area contributed by atoms with Crippen molar-refractivity contribution in [2.24, 2.45) is 11.3 Å². The van der Waals surface area contributed by atoms with Crippen LogP contribution in [0.25, 0.3) is 44.4 Å². The van der Waals surface area contributed by atoms with Gasteiger partial charge in [-0.2, -0.15) is 0 Å². The molecule has 10 rings (SSSR count). The number of H-pyrrole nitrogens is 2. The standard InChI is InChI=1S/C51H54N8O7/c1-64-49(62)56-43(33-7-4-3-5-8-33)48(61)59-30-51(20-21-51)27-42(59)46-53-28-39(54-46)32-12-10-31(11-13-32)35-14-15-37-26-38(17-16-36(37)25-35)40-29-52-45(55-40)41-9-6-22-58(41)47(60)44(57-50(63)65-2)34-18-23-66-24-19-34/h3-5,7-8,10-17,25-26,28-29,34,41-44H,6,9,18-24,27,30H2,1-2H3,(H,52,55)(H,53,54)(H,56,62)(H,57,63)/t41-,42-,43+,44?/m0/s1. The van der Waals surface area contributed by atoms with Crippen LogP contribution in [-0.4, -0.2) is 100 Å². The molecule has 0 bridgehead atoms. The summed E-state index contributed by atoms with van der Waals surface area (Å²) in [7, 11) is 2.61. The lowest BCUT2D eigenvalue weighted by Gasteiger charge is -2.34. The first-order valence-corrected chi connectivity index (χ1v) is 22.9. The van der Waals surface area contributed by atoms with Gasteiger partial charge < -0.3 is 44.6 Å². The van der Waals surface area contributed by atoms with Crippen molar-refractivity contribution in [2.45, 2.75) is 69.1 Å². The highest BCUT2D eigenvalue weighted by Crippen LogP contribution is 2.58. The minimum absolute atomic E-state index is 0.0306. The van der Waals surface area contributed by atoms with E-state index in [0.717, 1.165) is 88.2 Å². The second-order valence-corrected chi connectivity index (χ2v) is 18.1. The fourth-order valence-electron chi connectivity index (χ4n) is 10.2. The van der Waals surface area contributed by atoms with E-state index in [0.29, 0.717) is 44.7 Å². The number of amides is 4. The van der Waals surface area contributed by atoms with Crippen LogP contribution in [0.5, 0.6) is 0 Å². The Kier molecular flexibility index (Phi) is 11.8. The van der Waals surface area contributed by atoms with Crippen LogP contribution in [0, 0.1) is 11.3 Å². The minimum Gasteiger partial charge on any atom is -0.453 e. The van der Waals surface area contributed by atoms with E-state index in [2.05, 4.69) is 81.3 Å². The van der Waals surface area contributed by atoms with E-state index in [4.69, 9.17) is 24.2 Å². The second-order valence-electron chi connectivity index (χ2n) is 18.1. The Morgan fingerprint density at radius 1 is 0.697 bits per heavy atom. The van der Waals surface area contributed by atoms with E-state index < -0.39 is 24.3 Å². The monoisotopic (exact) mass is 890 g/mol.